The number of hydrogen-bond acceptors (Lipinski definition) is 2. The van der Waals surface area contributed by atoms with E-state index >= 15 is 0 Å². The van der Waals surface area contributed by atoms with Crippen molar-refractivity contribution >= 4 is 0 Å². The van der Waals surface area contributed by atoms with Crippen molar-refractivity contribution in [3.8, 4) is 0 Å². The van der Waals surface area contributed by atoms with E-state index in [4.69, 9.17) is 0 Å². The van der Waals surface area contributed by atoms with Crippen molar-refractivity contribution in [3.63, 3.8) is 0 Å². The maximum atomic E-state index is 3.65. The van der Waals surface area contributed by atoms with Crippen molar-refractivity contribution in [2.24, 2.45) is 5.92 Å². The van der Waals surface area contributed by atoms with Gasteiger partial charge in [0.15, 0.2) is 0 Å². The number of hydrogen-bond donors (Lipinski definition) is 2. The summed E-state index contributed by atoms with van der Waals surface area (Å²) < 4.78 is 0. The Balaban J connectivity index is 1.55. The molecule has 0 bridgehead atoms. The smallest absolute Gasteiger partial charge is 0.0190 e. The van der Waals surface area contributed by atoms with Gasteiger partial charge in [0, 0.05) is 5.54 Å². The van der Waals surface area contributed by atoms with Crippen LogP contribution < -0.4 is 10.6 Å². The van der Waals surface area contributed by atoms with E-state index < -0.39 is 0 Å². The van der Waals surface area contributed by atoms with Crippen molar-refractivity contribution in [2.75, 3.05) is 20.1 Å². The van der Waals surface area contributed by atoms with Crippen LogP contribution in [-0.4, -0.2) is 25.7 Å². The van der Waals surface area contributed by atoms with Crippen LogP contribution in [-0.2, 0) is 0 Å². The Kier molecular flexibility index (Phi) is 5.30. The first-order valence-electron chi connectivity index (χ1n) is 7.74. The molecule has 2 aliphatic carbocycles. The van der Waals surface area contributed by atoms with Crippen molar-refractivity contribution in [2.45, 2.75) is 69.7 Å². The summed E-state index contributed by atoms with van der Waals surface area (Å²) in [4.78, 5) is 0. The van der Waals surface area contributed by atoms with Crippen molar-refractivity contribution in [1.29, 1.82) is 0 Å². The normalized spacial score (nSPS) is 24.5. The molecule has 2 fully saturated rings. The van der Waals surface area contributed by atoms with E-state index in [9.17, 15) is 0 Å². The monoisotopic (exact) mass is 238 g/mol. The van der Waals surface area contributed by atoms with E-state index in [-0.39, 0.29) is 0 Å². The second kappa shape index (κ2) is 6.75. The lowest BCUT2D eigenvalue weighted by molar-refractivity contribution is 0.226. The molecule has 0 aromatic heterocycles. The van der Waals surface area contributed by atoms with Crippen LogP contribution in [0, 0.1) is 5.92 Å². The molecule has 2 saturated carbocycles. The van der Waals surface area contributed by atoms with Crippen LogP contribution in [0.1, 0.15) is 64.2 Å². The summed E-state index contributed by atoms with van der Waals surface area (Å²) in [6, 6.07) is 0. The van der Waals surface area contributed by atoms with Gasteiger partial charge in [-0.05, 0) is 51.7 Å². The van der Waals surface area contributed by atoms with Crippen molar-refractivity contribution in [3.05, 3.63) is 0 Å². The number of nitrogens with one attached hydrogen (secondary N) is 2. The average Bonchev–Trinajstić information content (AvgIpc) is 2.32. The highest BCUT2D eigenvalue weighted by atomic mass is 15.0. The van der Waals surface area contributed by atoms with E-state index in [0.29, 0.717) is 5.54 Å². The SMILES string of the molecule is CNC1(CCNCCC2CCC2)CCCCC1. The molecule has 2 N–H and O–H groups in total. The topological polar surface area (TPSA) is 24.1 Å². The first kappa shape index (κ1) is 13.4. The quantitative estimate of drug-likeness (QED) is 0.666. The van der Waals surface area contributed by atoms with Gasteiger partial charge in [-0.25, -0.2) is 0 Å². The van der Waals surface area contributed by atoms with Crippen LogP contribution in [0.15, 0.2) is 0 Å². The Morgan fingerprint density at radius 1 is 1.00 bits per heavy atom. The van der Waals surface area contributed by atoms with E-state index in [1.807, 2.05) is 0 Å². The lowest BCUT2D eigenvalue weighted by Gasteiger charge is -2.37. The van der Waals surface area contributed by atoms with Crippen LogP contribution in [0.3, 0.4) is 0 Å². The molecule has 2 rings (SSSR count). The summed E-state index contributed by atoms with van der Waals surface area (Å²) in [5, 5.41) is 7.25. The van der Waals surface area contributed by atoms with Gasteiger partial charge >= 0.3 is 0 Å². The molecule has 2 heteroatoms. The molecule has 0 spiro atoms. The first-order valence-corrected chi connectivity index (χ1v) is 7.74. The highest BCUT2D eigenvalue weighted by Crippen LogP contribution is 2.30. The molecule has 0 atom stereocenters. The van der Waals surface area contributed by atoms with Gasteiger partial charge in [0.05, 0.1) is 0 Å². The Morgan fingerprint density at radius 3 is 2.35 bits per heavy atom. The molecule has 2 nitrogen and oxygen atoms in total. The fourth-order valence-electron chi connectivity index (χ4n) is 3.39. The predicted octanol–water partition coefficient (Wildman–Crippen LogP) is 3.08. The second-order valence-electron chi connectivity index (χ2n) is 6.18. The molecule has 2 aliphatic rings. The van der Waals surface area contributed by atoms with Crippen molar-refractivity contribution in [1.82, 2.24) is 10.6 Å². The standard InChI is InChI=1S/C15H30N2/c1-16-15(9-3-2-4-10-15)11-13-17-12-8-14-6-5-7-14/h14,16-17H,2-13H2,1H3. The van der Waals surface area contributed by atoms with Gasteiger partial charge in [-0.1, -0.05) is 38.5 Å². The Bertz CT molecular complexity index is 205. The zero-order valence-electron chi connectivity index (χ0n) is 11.6. The molecular weight excluding hydrogens is 208 g/mol. The molecule has 0 unspecified atom stereocenters. The Hall–Kier alpha value is -0.0800. The van der Waals surface area contributed by atoms with E-state index in [2.05, 4.69) is 17.7 Å². The van der Waals surface area contributed by atoms with Crippen LogP contribution in [0.4, 0.5) is 0 Å². The molecule has 0 heterocycles. The number of rotatable bonds is 7. The van der Waals surface area contributed by atoms with E-state index in [0.717, 1.165) is 5.92 Å². The van der Waals surface area contributed by atoms with Crippen LogP contribution in [0.2, 0.25) is 0 Å². The molecule has 17 heavy (non-hydrogen) atoms. The largest absolute Gasteiger partial charge is 0.317 e. The van der Waals surface area contributed by atoms with Crippen LogP contribution >= 0.6 is 0 Å². The Morgan fingerprint density at radius 2 is 1.76 bits per heavy atom. The molecule has 0 aromatic carbocycles. The summed E-state index contributed by atoms with van der Waals surface area (Å²) in [7, 11) is 2.15. The van der Waals surface area contributed by atoms with E-state index in [1.54, 1.807) is 0 Å². The van der Waals surface area contributed by atoms with Crippen molar-refractivity contribution < 1.29 is 0 Å². The lowest BCUT2D eigenvalue weighted by atomic mass is 9.79. The third-order valence-electron chi connectivity index (χ3n) is 5.08. The molecule has 0 aliphatic heterocycles. The van der Waals surface area contributed by atoms with Gasteiger partial charge in [0.25, 0.3) is 0 Å². The minimum Gasteiger partial charge on any atom is -0.317 e. The predicted molar refractivity (Wildman–Crippen MR) is 74.3 cm³/mol. The maximum Gasteiger partial charge on any atom is 0.0190 e. The summed E-state index contributed by atoms with van der Waals surface area (Å²) in [5.74, 6) is 1.05. The van der Waals surface area contributed by atoms with Crippen LogP contribution in [0.25, 0.3) is 0 Å². The fraction of sp³-hybridized carbons (Fsp3) is 1.00. The second-order valence-corrected chi connectivity index (χ2v) is 6.18. The first-order chi connectivity index (χ1) is 8.35. The third kappa shape index (κ3) is 3.96. The minimum absolute atomic E-state index is 0.460. The Labute approximate surface area is 107 Å². The molecular formula is C15H30N2. The molecule has 0 amide bonds. The molecule has 100 valence electrons. The summed E-state index contributed by atoms with van der Waals surface area (Å²) in [6.07, 6.45) is 14.2. The average molecular weight is 238 g/mol. The minimum atomic E-state index is 0.460. The highest BCUT2D eigenvalue weighted by molar-refractivity contribution is 4.90. The van der Waals surface area contributed by atoms with Gasteiger partial charge < -0.3 is 10.6 Å². The molecule has 0 aromatic rings. The van der Waals surface area contributed by atoms with E-state index in [1.165, 1.54) is 77.3 Å². The van der Waals surface area contributed by atoms with Gasteiger partial charge in [0.1, 0.15) is 0 Å². The molecule has 0 radical (unpaired) electrons. The van der Waals surface area contributed by atoms with Crippen LogP contribution in [0.5, 0.6) is 0 Å². The lowest BCUT2D eigenvalue weighted by Crippen LogP contribution is -2.46. The van der Waals surface area contributed by atoms with Gasteiger partial charge in [-0.3, -0.25) is 0 Å². The zero-order chi connectivity index (χ0) is 12.0. The highest BCUT2D eigenvalue weighted by Gasteiger charge is 2.29. The zero-order valence-corrected chi connectivity index (χ0v) is 11.6. The summed E-state index contributed by atoms with van der Waals surface area (Å²) in [6.45, 7) is 2.44. The van der Waals surface area contributed by atoms with Gasteiger partial charge in [0.2, 0.25) is 0 Å². The fourth-order valence-corrected chi connectivity index (χ4v) is 3.39. The van der Waals surface area contributed by atoms with Gasteiger partial charge in [-0.15, -0.1) is 0 Å². The summed E-state index contributed by atoms with van der Waals surface area (Å²) >= 11 is 0. The molecule has 0 saturated heterocycles. The van der Waals surface area contributed by atoms with Gasteiger partial charge in [-0.2, -0.15) is 0 Å². The third-order valence-corrected chi connectivity index (χ3v) is 5.08. The summed E-state index contributed by atoms with van der Waals surface area (Å²) in [5.41, 5.74) is 0.460. The maximum absolute atomic E-state index is 3.65.